The van der Waals surface area contributed by atoms with Crippen molar-refractivity contribution in [3.8, 4) is 11.4 Å². The Balaban J connectivity index is 2.42. The van der Waals surface area contributed by atoms with Gasteiger partial charge in [0.2, 0.25) is 0 Å². The molecule has 0 saturated heterocycles. The van der Waals surface area contributed by atoms with Crippen molar-refractivity contribution < 1.29 is 9.45 Å². The van der Waals surface area contributed by atoms with Gasteiger partial charge in [0.25, 0.3) is 10.5 Å². The minimum Gasteiger partial charge on any atom is -0.324 e. The molecule has 94 valence electrons. The lowest BCUT2D eigenvalue weighted by molar-refractivity contribution is -0.384. The summed E-state index contributed by atoms with van der Waals surface area (Å²) in [6.45, 7) is 2.73. The Bertz CT molecular complexity index is 615. The molecule has 0 unspecified atom stereocenters. The highest BCUT2D eigenvalue weighted by Crippen LogP contribution is 2.21. The number of hydrogen-bond donors (Lipinski definition) is 0. The van der Waals surface area contributed by atoms with Crippen molar-refractivity contribution in [1.82, 2.24) is 9.72 Å². The molecule has 0 spiro atoms. The Hall–Kier alpha value is -2.02. The third-order valence-electron chi connectivity index (χ3n) is 2.47. The van der Waals surface area contributed by atoms with E-state index in [4.69, 9.17) is 16.7 Å². The monoisotopic (exact) mass is 265 g/mol. The largest absolute Gasteiger partial charge is 0.324 e. The fourth-order valence-electron chi connectivity index (χ4n) is 1.63. The van der Waals surface area contributed by atoms with Crippen LogP contribution < -0.4 is 0 Å². The highest BCUT2D eigenvalue weighted by atomic mass is 32.1. The second-order valence-electron chi connectivity index (χ2n) is 3.73. The Labute approximate surface area is 108 Å². The van der Waals surface area contributed by atoms with E-state index in [9.17, 15) is 10.1 Å². The minimum atomic E-state index is -0.439. The maximum Gasteiger partial charge on any atom is 0.297 e. The Morgan fingerprint density at radius 3 is 2.67 bits per heavy atom. The van der Waals surface area contributed by atoms with Crippen LogP contribution in [0.5, 0.6) is 0 Å². The second kappa shape index (κ2) is 5.09. The van der Waals surface area contributed by atoms with E-state index >= 15 is 0 Å². The predicted molar refractivity (Wildman–Crippen MR) is 67.7 cm³/mol. The molecule has 1 aromatic heterocycles. The average molecular weight is 265 g/mol. The molecule has 0 radical (unpaired) electrons. The van der Waals surface area contributed by atoms with Crippen LogP contribution in [0.1, 0.15) is 13.3 Å². The zero-order valence-electron chi connectivity index (χ0n) is 9.70. The normalized spacial score (nSPS) is 10.5. The zero-order valence-corrected chi connectivity index (χ0v) is 10.5. The van der Waals surface area contributed by atoms with Gasteiger partial charge in [0.15, 0.2) is 5.82 Å². The summed E-state index contributed by atoms with van der Waals surface area (Å²) in [5, 5.41) is 14.5. The summed E-state index contributed by atoms with van der Waals surface area (Å²) in [6.07, 6.45) is 0.898. The van der Waals surface area contributed by atoms with Crippen molar-refractivity contribution in [2.45, 2.75) is 19.9 Å². The van der Waals surface area contributed by atoms with Crippen LogP contribution in [0.15, 0.2) is 28.8 Å². The Kier molecular flexibility index (Phi) is 3.52. The lowest BCUT2D eigenvalue weighted by Gasteiger charge is -2.02. The summed E-state index contributed by atoms with van der Waals surface area (Å²) in [5.74, 6) is 0.594. The van der Waals surface area contributed by atoms with Crippen LogP contribution in [0.4, 0.5) is 5.69 Å². The van der Waals surface area contributed by atoms with E-state index in [-0.39, 0.29) is 5.69 Å². The molecule has 18 heavy (non-hydrogen) atoms. The number of nitro groups is 1. The smallest absolute Gasteiger partial charge is 0.297 e. The summed E-state index contributed by atoms with van der Waals surface area (Å²) < 4.78 is 6.75. The van der Waals surface area contributed by atoms with Crippen LogP contribution in [0, 0.1) is 15.0 Å². The topological polar surface area (TPSA) is 74.1 Å². The molecule has 7 heteroatoms. The van der Waals surface area contributed by atoms with Crippen molar-refractivity contribution in [1.29, 1.82) is 0 Å². The SMILES string of the molecule is CCCn1c(-c2ccc([N+](=O)[O-])cc2)noc1=S. The molecule has 0 atom stereocenters. The van der Waals surface area contributed by atoms with Gasteiger partial charge >= 0.3 is 0 Å². The third-order valence-corrected chi connectivity index (χ3v) is 2.76. The van der Waals surface area contributed by atoms with Gasteiger partial charge in [0, 0.05) is 24.2 Å². The maximum atomic E-state index is 10.6. The summed E-state index contributed by atoms with van der Waals surface area (Å²) in [4.78, 5) is 10.4. The number of hydrogen-bond acceptors (Lipinski definition) is 5. The summed E-state index contributed by atoms with van der Waals surface area (Å²) in [6, 6.07) is 6.14. The van der Waals surface area contributed by atoms with Crippen molar-refractivity contribution in [3.05, 3.63) is 39.2 Å². The van der Waals surface area contributed by atoms with Gasteiger partial charge in [-0.3, -0.25) is 14.7 Å². The zero-order chi connectivity index (χ0) is 13.1. The van der Waals surface area contributed by atoms with Crippen molar-refractivity contribution in [2.75, 3.05) is 0 Å². The molecular formula is C11H11N3O3S. The molecule has 0 amide bonds. The van der Waals surface area contributed by atoms with Gasteiger partial charge in [-0.25, -0.2) is 0 Å². The van der Waals surface area contributed by atoms with Gasteiger partial charge in [0.1, 0.15) is 0 Å². The van der Waals surface area contributed by atoms with Gasteiger partial charge < -0.3 is 4.52 Å². The van der Waals surface area contributed by atoms with E-state index in [0.717, 1.165) is 12.0 Å². The first-order chi connectivity index (χ1) is 8.63. The van der Waals surface area contributed by atoms with Gasteiger partial charge in [-0.05, 0) is 30.8 Å². The molecule has 0 bridgehead atoms. The van der Waals surface area contributed by atoms with Crippen LogP contribution in [-0.2, 0) is 6.54 Å². The van der Waals surface area contributed by atoms with Crippen LogP contribution in [0.3, 0.4) is 0 Å². The molecule has 1 aromatic carbocycles. The first-order valence-electron chi connectivity index (χ1n) is 5.45. The summed E-state index contributed by atoms with van der Waals surface area (Å²) in [7, 11) is 0. The van der Waals surface area contributed by atoms with Crippen molar-refractivity contribution in [2.24, 2.45) is 0 Å². The number of rotatable bonds is 4. The number of nitro benzene ring substituents is 1. The molecule has 1 heterocycles. The van der Waals surface area contributed by atoms with E-state index < -0.39 is 4.92 Å². The first kappa shape index (κ1) is 12.4. The van der Waals surface area contributed by atoms with Crippen LogP contribution >= 0.6 is 12.2 Å². The standard InChI is InChI=1S/C11H11N3O3S/c1-2-7-13-10(12-17-11(13)18)8-3-5-9(6-4-8)14(15)16/h3-6H,2,7H2,1H3. The fourth-order valence-corrected chi connectivity index (χ4v) is 1.84. The molecule has 6 nitrogen and oxygen atoms in total. The first-order valence-corrected chi connectivity index (χ1v) is 5.85. The summed E-state index contributed by atoms with van der Waals surface area (Å²) >= 11 is 5.03. The Morgan fingerprint density at radius 1 is 1.44 bits per heavy atom. The second-order valence-corrected chi connectivity index (χ2v) is 4.08. The Morgan fingerprint density at radius 2 is 2.11 bits per heavy atom. The van der Waals surface area contributed by atoms with Crippen molar-refractivity contribution >= 4 is 17.9 Å². The van der Waals surface area contributed by atoms with Gasteiger partial charge in [0.05, 0.1) is 4.92 Å². The molecule has 2 aromatic rings. The van der Waals surface area contributed by atoms with E-state index in [2.05, 4.69) is 5.16 Å². The molecular weight excluding hydrogens is 254 g/mol. The fraction of sp³-hybridized carbons (Fsp3) is 0.273. The number of aromatic nitrogens is 2. The third kappa shape index (κ3) is 2.30. The van der Waals surface area contributed by atoms with E-state index in [1.54, 1.807) is 16.7 Å². The quantitative estimate of drug-likeness (QED) is 0.482. The highest BCUT2D eigenvalue weighted by molar-refractivity contribution is 7.71. The molecule has 0 N–H and O–H groups in total. The average Bonchev–Trinajstić information content (AvgIpc) is 2.72. The molecule has 0 aliphatic carbocycles. The number of non-ortho nitro benzene ring substituents is 1. The van der Waals surface area contributed by atoms with E-state index in [1.165, 1.54) is 12.1 Å². The van der Waals surface area contributed by atoms with Gasteiger partial charge in [-0.1, -0.05) is 12.1 Å². The summed E-state index contributed by atoms with van der Waals surface area (Å²) in [5.41, 5.74) is 0.789. The minimum absolute atomic E-state index is 0.0443. The van der Waals surface area contributed by atoms with Crippen LogP contribution in [0.25, 0.3) is 11.4 Å². The molecule has 0 aliphatic rings. The molecule has 2 rings (SSSR count). The van der Waals surface area contributed by atoms with E-state index in [0.29, 0.717) is 17.2 Å². The lowest BCUT2D eigenvalue weighted by Crippen LogP contribution is -1.99. The van der Waals surface area contributed by atoms with Gasteiger partial charge in [-0.2, -0.15) is 0 Å². The highest BCUT2D eigenvalue weighted by Gasteiger charge is 2.12. The lowest BCUT2D eigenvalue weighted by atomic mass is 10.2. The van der Waals surface area contributed by atoms with Gasteiger partial charge in [-0.15, -0.1) is 0 Å². The van der Waals surface area contributed by atoms with E-state index in [1.807, 2.05) is 6.92 Å². The molecule has 0 saturated carbocycles. The molecule has 0 fully saturated rings. The van der Waals surface area contributed by atoms with Crippen molar-refractivity contribution in [3.63, 3.8) is 0 Å². The van der Waals surface area contributed by atoms with Crippen LogP contribution in [-0.4, -0.2) is 14.6 Å². The maximum absolute atomic E-state index is 10.6. The number of nitrogens with zero attached hydrogens (tertiary/aromatic N) is 3. The molecule has 0 aliphatic heterocycles. The number of benzene rings is 1. The predicted octanol–water partition coefficient (Wildman–Crippen LogP) is 3.19. The van der Waals surface area contributed by atoms with Crippen LogP contribution in [0.2, 0.25) is 0 Å².